The summed E-state index contributed by atoms with van der Waals surface area (Å²) >= 11 is 0. The first-order valence-corrected chi connectivity index (χ1v) is 8.72. The Morgan fingerprint density at radius 2 is 1.88 bits per heavy atom. The number of carbonyl (C=O) groups excluding carboxylic acids is 1. The number of carboxylic acids is 1. The van der Waals surface area contributed by atoms with E-state index < -0.39 is 17.8 Å². The van der Waals surface area contributed by atoms with Gasteiger partial charge >= 0.3 is 5.97 Å². The summed E-state index contributed by atoms with van der Waals surface area (Å²) in [5, 5.41) is 12.1. The van der Waals surface area contributed by atoms with Gasteiger partial charge in [0.05, 0.1) is 18.8 Å². The molecule has 140 valence electrons. The van der Waals surface area contributed by atoms with Crippen LogP contribution in [0.3, 0.4) is 0 Å². The molecule has 0 saturated heterocycles. The molecule has 6 heteroatoms. The third kappa shape index (κ3) is 5.12. The normalized spacial score (nSPS) is 12.0. The number of carbonyl (C=O) groups is 2. The summed E-state index contributed by atoms with van der Waals surface area (Å²) in [5.41, 5.74) is 1.68. The highest BCUT2D eigenvalue weighted by atomic mass is 16.5. The van der Waals surface area contributed by atoms with Crippen molar-refractivity contribution in [3.63, 3.8) is 0 Å². The summed E-state index contributed by atoms with van der Waals surface area (Å²) in [6.45, 7) is 6.44. The third-order valence-corrected chi connectivity index (χ3v) is 4.10. The zero-order valence-electron chi connectivity index (χ0n) is 15.3. The van der Waals surface area contributed by atoms with Gasteiger partial charge in [-0.2, -0.15) is 0 Å². The highest BCUT2D eigenvalue weighted by molar-refractivity contribution is 5.93. The average molecular weight is 359 g/mol. The number of ether oxygens (including phenoxy) is 1. The second-order valence-corrected chi connectivity index (χ2v) is 6.39. The first-order valence-electron chi connectivity index (χ1n) is 8.72. The molecule has 1 atom stereocenters. The molecule has 2 rings (SSSR count). The molecular formula is C20H25NO5. The van der Waals surface area contributed by atoms with Crippen molar-refractivity contribution in [2.45, 2.75) is 33.1 Å². The largest absolute Gasteiger partial charge is 0.494 e. The van der Waals surface area contributed by atoms with E-state index in [2.05, 4.69) is 5.32 Å². The van der Waals surface area contributed by atoms with Crippen LogP contribution in [0.4, 0.5) is 0 Å². The number of hydrogen-bond acceptors (Lipinski definition) is 4. The van der Waals surface area contributed by atoms with E-state index in [0.29, 0.717) is 13.0 Å². The van der Waals surface area contributed by atoms with Crippen molar-refractivity contribution < 1.29 is 23.8 Å². The molecule has 0 radical (unpaired) electrons. The summed E-state index contributed by atoms with van der Waals surface area (Å²) < 4.78 is 10.6. The van der Waals surface area contributed by atoms with Gasteiger partial charge in [-0.05, 0) is 43.0 Å². The molecule has 2 N–H and O–H groups in total. The van der Waals surface area contributed by atoms with E-state index in [9.17, 15) is 14.7 Å². The van der Waals surface area contributed by atoms with Gasteiger partial charge in [0.1, 0.15) is 5.75 Å². The SMILES string of the molecule is CCOc1ccc(CC(CNC(=O)c2occc2C(C)C)C(=O)O)cc1. The smallest absolute Gasteiger partial charge is 0.308 e. The summed E-state index contributed by atoms with van der Waals surface area (Å²) in [7, 11) is 0. The van der Waals surface area contributed by atoms with Crippen molar-refractivity contribution in [3.05, 3.63) is 53.5 Å². The second-order valence-electron chi connectivity index (χ2n) is 6.39. The molecule has 1 unspecified atom stereocenters. The van der Waals surface area contributed by atoms with Gasteiger partial charge in [-0.3, -0.25) is 9.59 Å². The van der Waals surface area contributed by atoms with Gasteiger partial charge in [0, 0.05) is 12.1 Å². The summed E-state index contributed by atoms with van der Waals surface area (Å²) in [4.78, 5) is 23.9. The highest BCUT2D eigenvalue weighted by Gasteiger charge is 2.22. The summed E-state index contributed by atoms with van der Waals surface area (Å²) in [5.74, 6) is -0.942. The maximum Gasteiger partial charge on any atom is 0.308 e. The number of furan rings is 1. The lowest BCUT2D eigenvalue weighted by atomic mass is 9.99. The molecule has 1 amide bonds. The number of amides is 1. The lowest BCUT2D eigenvalue weighted by molar-refractivity contribution is -0.141. The molecule has 0 fully saturated rings. The number of aliphatic carboxylic acids is 1. The quantitative estimate of drug-likeness (QED) is 0.715. The number of rotatable bonds is 9. The van der Waals surface area contributed by atoms with Crippen LogP contribution in [0.5, 0.6) is 5.75 Å². The van der Waals surface area contributed by atoms with Crippen LogP contribution in [-0.2, 0) is 11.2 Å². The van der Waals surface area contributed by atoms with Gasteiger partial charge in [-0.1, -0.05) is 26.0 Å². The summed E-state index contributed by atoms with van der Waals surface area (Å²) in [6, 6.07) is 9.06. The monoisotopic (exact) mass is 359 g/mol. The van der Waals surface area contributed by atoms with Gasteiger partial charge in [-0.25, -0.2) is 0 Å². The number of carboxylic acid groups (broad SMARTS) is 1. The van der Waals surface area contributed by atoms with E-state index in [0.717, 1.165) is 16.9 Å². The van der Waals surface area contributed by atoms with Crippen molar-refractivity contribution in [2.75, 3.05) is 13.2 Å². The van der Waals surface area contributed by atoms with Crippen LogP contribution in [0.2, 0.25) is 0 Å². The molecule has 1 heterocycles. The van der Waals surface area contributed by atoms with Crippen LogP contribution in [0.15, 0.2) is 41.0 Å². The minimum Gasteiger partial charge on any atom is -0.494 e. The van der Waals surface area contributed by atoms with Crippen LogP contribution in [0, 0.1) is 5.92 Å². The zero-order valence-corrected chi connectivity index (χ0v) is 15.3. The summed E-state index contributed by atoms with van der Waals surface area (Å²) in [6.07, 6.45) is 1.79. The standard InChI is InChI=1S/C20H25NO5/c1-4-25-16-7-5-14(6-8-16)11-15(20(23)24)12-21-19(22)18-17(13(2)3)9-10-26-18/h5-10,13,15H,4,11-12H2,1-3H3,(H,21,22)(H,23,24). The molecule has 2 aromatic rings. The van der Waals surface area contributed by atoms with Gasteiger partial charge < -0.3 is 19.6 Å². The predicted octanol–water partition coefficient (Wildman–Crippen LogP) is 3.48. The lowest BCUT2D eigenvalue weighted by Gasteiger charge is -2.14. The average Bonchev–Trinajstić information content (AvgIpc) is 3.10. The predicted molar refractivity (Wildman–Crippen MR) is 97.6 cm³/mol. The molecule has 0 aliphatic carbocycles. The van der Waals surface area contributed by atoms with Crippen LogP contribution in [0.25, 0.3) is 0 Å². The van der Waals surface area contributed by atoms with E-state index >= 15 is 0 Å². The fourth-order valence-electron chi connectivity index (χ4n) is 2.67. The Morgan fingerprint density at radius 1 is 1.19 bits per heavy atom. The lowest BCUT2D eigenvalue weighted by Crippen LogP contribution is -2.34. The Morgan fingerprint density at radius 3 is 2.46 bits per heavy atom. The van der Waals surface area contributed by atoms with Crippen LogP contribution >= 0.6 is 0 Å². The van der Waals surface area contributed by atoms with Gasteiger partial charge in [0.25, 0.3) is 5.91 Å². The molecule has 6 nitrogen and oxygen atoms in total. The van der Waals surface area contributed by atoms with Gasteiger partial charge in [0.15, 0.2) is 5.76 Å². The van der Waals surface area contributed by atoms with Gasteiger partial charge in [-0.15, -0.1) is 0 Å². The molecular weight excluding hydrogens is 334 g/mol. The molecule has 0 bridgehead atoms. The van der Waals surface area contributed by atoms with E-state index in [1.165, 1.54) is 6.26 Å². The molecule has 26 heavy (non-hydrogen) atoms. The first-order chi connectivity index (χ1) is 12.4. The topological polar surface area (TPSA) is 88.8 Å². The zero-order chi connectivity index (χ0) is 19.1. The van der Waals surface area contributed by atoms with E-state index in [-0.39, 0.29) is 18.2 Å². The van der Waals surface area contributed by atoms with E-state index in [1.54, 1.807) is 6.07 Å². The Bertz CT molecular complexity index is 733. The molecule has 0 saturated carbocycles. The fourth-order valence-corrected chi connectivity index (χ4v) is 2.67. The molecule has 0 aliphatic rings. The second kappa shape index (κ2) is 9.08. The van der Waals surface area contributed by atoms with Crippen LogP contribution < -0.4 is 10.1 Å². The Hall–Kier alpha value is -2.76. The fraction of sp³-hybridized carbons (Fsp3) is 0.400. The van der Waals surface area contributed by atoms with Crippen molar-refractivity contribution in [1.82, 2.24) is 5.32 Å². The van der Waals surface area contributed by atoms with Crippen molar-refractivity contribution in [3.8, 4) is 5.75 Å². The molecule has 1 aromatic carbocycles. The minimum atomic E-state index is -0.956. The molecule has 0 spiro atoms. The van der Waals surface area contributed by atoms with Crippen LogP contribution in [0.1, 0.15) is 48.4 Å². The maximum atomic E-state index is 12.3. The van der Waals surface area contributed by atoms with Crippen molar-refractivity contribution in [2.24, 2.45) is 5.92 Å². The van der Waals surface area contributed by atoms with Crippen molar-refractivity contribution >= 4 is 11.9 Å². The third-order valence-electron chi connectivity index (χ3n) is 4.10. The van der Waals surface area contributed by atoms with Crippen molar-refractivity contribution in [1.29, 1.82) is 0 Å². The van der Waals surface area contributed by atoms with E-state index in [1.807, 2.05) is 45.0 Å². The first kappa shape index (κ1) is 19.6. The van der Waals surface area contributed by atoms with E-state index in [4.69, 9.17) is 9.15 Å². The molecule has 0 aliphatic heterocycles. The maximum absolute atomic E-state index is 12.3. The van der Waals surface area contributed by atoms with Gasteiger partial charge in [0.2, 0.25) is 0 Å². The number of nitrogens with one attached hydrogen (secondary N) is 1. The highest BCUT2D eigenvalue weighted by Crippen LogP contribution is 2.20. The number of hydrogen-bond donors (Lipinski definition) is 2. The number of benzene rings is 1. The Labute approximate surface area is 153 Å². The Kier molecular flexibility index (Phi) is 6.83. The minimum absolute atomic E-state index is 0.0274. The Balaban J connectivity index is 1.98. The van der Waals surface area contributed by atoms with Crippen LogP contribution in [-0.4, -0.2) is 30.1 Å². The molecule has 1 aromatic heterocycles.